The Bertz CT molecular complexity index is 359. The van der Waals surface area contributed by atoms with E-state index in [0.717, 1.165) is 17.5 Å². The molecular formula is C11H13ClO2. The summed E-state index contributed by atoms with van der Waals surface area (Å²) in [4.78, 5) is 11.3. The maximum absolute atomic E-state index is 11.3. The van der Waals surface area contributed by atoms with Gasteiger partial charge < -0.3 is 4.74 Å². The molecule has 0 radical (unpaired) electrons. The molecule has 0 spiro atoms. The van der Waals surface area contributed by atoms with Crippen molar-refractivity contribution in [1.82, 2.24) is 0 Å². The van der Waals surface area contributed by atoms with Crippen LogP contribution in [0.1, 0.15) is 28.4 Å². The van der Waals surface area contributed by atoms with E-state index in [4.69, 9.17) is 11.6 Å². The van der Waals surface area contributed by atoms with Gasteiger partial charge in [-0.05, 0) is 36.6 Å². The lowest BCUT2D eigenvalue weighted by Gasteiger charge is -2.07. The molecule has 0 heterocycles. The highest BCUT2D eigenvalue weighted by Crippen LogP contribution is 2.22. The van der Waals surface area contributed by atoms with Gasteiger partial charge in [-0.15, -0.1) is 0 Å². The minimum Gasteiger partial charge on any atom is -0.465 e. The zero-order chi connectivity index (χ0) is 10.7. The highest BCUT2D eigenvalue weighted by molar-refractivity contribution is 6.33. The smallest absolute Gasteiger partial charge is 0.339 e. The Morgan fingerprint density at radius 2 is 2.14 bits per heavy atom. The molecule has 2 nitrogen and oxygen atoms in total. The van der Waals surface area contributed by atoms with Crippen LogP contribution in [0.3, 0.4) is 0 Å². The number of esters is 1. The summed E-state index contributed by atoms with van der Waals surface area (Å²) < 4.78 is 4.63. The van der Waals surface area contributed by atoms with E-state index in [2.05, 4.69) is 4.74 Å². The predicted molar refractivity (Wildman–Crippen MR) is 56.9 cm³/mol. The number of methoxy groups -OCH3 is 1. The molecule has 1 aromatic rings. The average molecular weight is 213 g/mol. The zero-order valence-corrected chi connectivity index (χ0v) is 9.31. The van der Waals surface area contributed by atoms with Crippen LogP contribution < -0.4 is 0 Å². The number of benzene rings is 1. The van der Waals surface area contributed by atoms with Gasteiger partial charge in [0.15, 0.2) is 0 Å². The minimum absolute atomic E-state index is 0.385. The molecule has 0 atom stereocenters. The van der Waals surface area contributed by atoms with Crippen LogP contribution in [0.2, 0.25) is 5.02 Å². The summed E-state index contributed by atoms with van der Waals surface area (Å²) in [5.41, 5.74) is 2.66. The SMILES string of the molecule is CCc1cc(C(=O)OC)c(Cl)cc1C. The molecule has 0 aliphatic rings. The quantitative estimate of drug-likeness (QED) is 0.705. The van der Waals surface area contributed by atoms with Crippen molar-refractivity contribution in [3.8, 4) is 0 Å². The zero-order valence-electron chi connectivity index (χ0n) is 8.56. The monoisotopic (exact) mass is 212 g/mol. The number of aryl methyl sites for hydroxylation is 2. The average Bonchev–Trinajstić information content (AvgIpc) is 2.17. The van der Waals surface area contributed by atoms with Crippen molar-refractivity contribution >= 4 is 17.6 Å². The van der Waals surface area contributed by atoms with Gasteiger partial charge in [0.25, 0.3) is 0 Å². The lowest BCUT2D eigenvalue weighted by atomic mass is 10.0. The molecule has 0 N–H and O–H groups in total. The van der Waals surface area contributed by atoms with Crippen LogP contribution >= 0.6 is 11.6 Å². The third kappa shape index (κ3) is 2.07. The topological polar surface area (TPSA) is 26.3 Å². The molecule has 0 bridgehead atoms. The molecule has 0 saturated heterocycles. The van der Waals surface area contributed by atoms with Gasteiger partial charge in [0.05, 0.1) is 17.7 Å². The van der Waals surface area contributed by atoms with E-state index >= 15 is 0 Å². The number of hydrogen-bond donors (Lipinski definition) is 0. The molecule has 76 valence electrons. The number of ether oxygens (including phenoxy) is 1. The Morgan fingerprint density at radius 3 is 2.64 bits per heavy atom. The Kier molecular flexibility index (Phi) is 3.53. The fourth-order valence-electron chi connectivity index (χ4n) is 1.36. The van der Waals surface area contributed by atoms with Gasteiger partial charge in [-0.1, -0.05) is 18.5 Å². The largest absolute Gasteiger partial charge is 0.465 e. The molecule has 1 rings (SSSR count). The van der Waals surface area contributed by atoms with Crippen LogP contribution in [0.15, 0.2) is 12.1 Å². The first-order chi connectivity index (χ1) is 6.60. The third-order valence-corrected chi connectivity index (χ3v) is 2.52. The summed E-state index contributed by atoms with van der Waals surface area (Å²) in [6.07, 6.45) is 0.882. The normalized spacial score (nSPS) is 10.0. The van der Waals surface area contributed by atoms with E-state index < -0.39 is 0 Å². The van der Waals surface area contributed by atoms with Gasteiger partial charge in [-0.2, -0.15) is 0 Å². The van der Waals surface area contributed by atoms with Gasteiger partial charge in [0.2, 0.25) is 0 Å². The molecule has 0 aliphatic heterocycles. The van der Waals surface area contributed by atoms with E-state index in [0.29, 0.717) is 10.6 Å². The van der Waals surface area contributed by atoms with E-state index in [-0.39, 0.29) is 5.97 Å². The number of halogens is 1. The van der Waals surface area contributed by atoms with Crippen molar-refractivity contribution in [3.63, 3.8) is 0 Å². The highest BCUT2D eigenvalue weighted by atomic mass is 35.5. The fourth-order valence-corrected chi connectivity index (χ4v) is 1.66. The van der Waals surface area contributed by atoms with Crippen molar-refractivity contribution in [2.24, 2.45) is 0 Å². The summed E-state index contributed by atoms with van der Waals surface area (Å²) in [7, 11) is 1.35. The van der Waals surface area contributed by atoms with E-state index in [1.165, 1.54) is 7.11 Å². The second-order valence-electron chi connectivity index (χ2n) is 3.10. The van der Waals surface area contributed by atoms with Crippen LogP contribution in [-0.4, -0.2) is 13.1 Å². The highest BCUT2D eigenvalue weighted by Gasteiger charge is 2.12. The molecule has 0 saturated carbocycles. The van der Waals surface area contributed by atoms with Gasteiger partial charge in [-0.3, -0.25) is 0 Å². The minimum atomic E-state index is -0.385. The summed E-state index contributed by atoms with van der Waals surface area (Å²) in [6.45, 7) is 4.02. The van der Waals surface area contributed by atoms with Gasteiger partial charge in [0.1, 0.15) is 0 Å². The molecule has 0 aliphatic carbocycles. The van der Waals surface area contributed by atoms with Gasteiger partial charge in [0, 0.05) is 0 Å². The molecule has 0 amide bonds. The Labute approximate surface area is 88.8 Å². The number of rotatable bonds is 2. The molecule has 14 heavy (non-hydrogen) atoms. The standard InChI is InChI=1S/C11H13ClO2/c1-4-8-6-9(11(13)14-3)10(12)5-7(8)2/h5-6H,4H2,1-3H3. The van der Waals surface area contributed by atoms with E-state index in [1.807, 2.05) is 13.8 Å². The summed E-state index contributed by atoms with van der Waals surface area (Å²) in [6, 6.07) is 3.59. The van der Waals surface area contributed by atoms with Crippen LogP contribution in [-0.2, 0) is 11.2 Å². The van der Waals surface area contributed by atoms with Crippen molar-refractivity contribution in [2.45, 2.75) is 20.3 Å². The number of carbonyl (C=O) groups excluding carboxylic acids is 1. The van der Waals surface area contributed by atoms with Gasteiger partial charge >= 0.3 is 5.97 Å². The Morgan fingerprint density at radius 1 is 1.50 bits per heavy atom. The van der Waals surface area contributed by atoms with Crippen molar-refractivity contribution in [1.29, 1.82) is 0 Å². The van der Waals surface area contributed by atoms with Crippen molar-refractivity contribution < 1.29 is 9.53 Å². The molecule has 0 aromatic heterocycles. The fraction of sp³-hybridized carbons (Fsp3) is 0.364. The van der Waals surface area contributed by atoms with Crippen LogP contribution in [0.5, 0.6) is 0 Å². The van der Waals surface area contributed by atoms with E-state index in [1.54, 1.807) is 12.1 Å². The van der Waals surface area contributed by atoms with E-state index in [9.17, 15) is 4.79 Å². The number of carbonyl (C=O) groups is 1. The first-order valence-electron chi connectivity index (χ1n) is 4.47. The predicted octanol–water partition coefficient (Wildman–Crippen LogP) is 3.00. The first kappa shape index (κ1) is 11.1. The summed E-state index contributed by atoms with van der Waals surface area (Å²) >= 11 is 5.93. The lowest BCUT2D eigenvalue weighted by molar-refractivity contribution is 0.0601. The molecule has 0 fully saturated rings. The van der Waals surface area contributed by atoms with Crippen molar-refractivity contribution in [3.05, 3.63) is 33.8 Å². The summed E-state index contributed by atoms with van der Waals surface area (Å²) in [5, 5.41) is 0.451. The van der Waals surface area contributed by atoms with Crippen molar-refractivity contribution in [2.75, 3.05) is 7.11 Å². The maximum atomic E-state index is 11.3. The first-order valence-corrected chi connectivity index (χ1v) is 4.85. The lowest BCUT2D eigenvalue weighted by Crippen LogP contribution is -2.04. The molecule has 0 unspecified atom stereocenters. The number of hydrogen-bond acceptors (Lipinski definition) is 2. The third-order valence-electron chi connectivity index (χ3n) is 2.21. The molecular weight excluding hydrogens is 200 g/mol. The van der Waals surface area contributed by atoms with Gasteiger partial charge in [-0.25, -0.2) is 4.79 Å². The second kappa shape index (κ2) is 4.47. The molecule has 3 heteroatoms. The molecule has 1 aromatic carbocycles. The summed E-state index contributed by atoms with van der Waals surface area (Å²) in [5.74, 6) is -0.385. The van der Waals surface area contributed by atoms with Crippen LogP contribution in [0.25, 0.3) is 0 Å². The van der Waals surface area contributed by atoms with Crippen LogP contribution in [0, 0.1) is 6.92 Å². The Balaban J connectivity index is 3.24. The maximum Gasteiger partial charge on any atom is 0.339 e. The van der Waals surface area contributed by atoms with Crippen LogP contribution in [0.4, 0.5) is 0 Å². The Hall–Kier alpha value is -1.02. The second-order valence-corrected chi connectivity index (χ2v) is 3.51.